The lowest BCUT2D eigenvalue weighted by atomic mass is 10.1. The number of amides is 4. The predicted molar refractivity (Wildman–Crippen MR) is 449 cm³/mol. The first-order valence-corrected chi connectivity index (χ1v) is 44.7. The van der Waals surface area contributed by atoms with Crippen molar-refractivity contribution in [2.45, 2.75) is 66.0 Å². The van der Waals surface area contributed by atoms with E-state index >= 15 is 0 Å². The molecule has 0 saturated heterocycles. The number of carbonyl (C=O) groups excluding carboxylic acids is 4. The molecule has 0 aromatic carbocycles. The van der Waals surface area contributed by atoms with Crippen LogP contribution in [0.15, 0.2) is 132 Å². The summed E-state index contributed by atoms with van der Waals surface area (Å²) in [5.41, 5.74) is 7.46. The van der Waals surface area contributed by atoms with E-state index in [2.05, 4.69) is 132 Å². The Bertz CT molecular complexity index is 6030. The second-order valence-electron chi connectivity index (χ2n) is 25.8. The highest BCUT2D eigenvalue weighted by Gasteiger charge is 2.27. The molecule has 640 valence electrons. The van der Waals surface area contributed by atoms with Gasteiger partial charge in [-0.25, -0.2) is 85.9 Å². The van der Waals surface area contributed by atoms with Gasteiger partial charge in [-0.2, -0.15) is 0 Å². The van der Waals surface area contributed by atoms with Gasteiger partial charge in [0, 0.05) is 68.5 Å². The topological polar surface area (TPSA) is 551 Å². The number of carbonyl (C=O) groups is 4. The minimum Gasteiger partial charge on any atom is -0.441 e. The van der Waals surface area contributed by atoms with Crippen LogP contribution in [0.4, 0.5) is 69.6 Å². The Balaban J connectivity index is 0.000000183. The van der Waals surface area contributed by atoms with Gasteiger partial charge in [-0.1, -0.05) is 50.1 Å². The molecule has 8 N–H and O–H groups in total. The number of hydrogen-bond acceptors (Lipinski definition) is 32. The number of halogens is 4. The normalized spacial score (nSPS) is 12.3. The molecular formula is C69H75BrCl2FN27O16S5. The Labute approximate surface area is 713 Å². The summed E-state index contributed by atoms with van der Waals surface area (Å²) >= 11 is 16.9. The Kier molecular flexibility index (Phi) is 30.5. The molecule has 0 aliphatic rings. The van der Waals surface area contributed by atoms with Crippen molar-refractivity contribution in [2.75, 3.05) is 65.2 Å². The minimum atomic E-state index is -3.44. The van der Waals surface area contributed by atoms with E-state index in [1.165, 1.54) is 98.2 Å². The number of rotatable bonds is 24. The summed E-state index contributed by atoms with van der Waals surface area (Å²) in [5.74, 6) is 0.409. The second-order valence-corrected chi connectivity index (χ2v) is 35.5. The molecule has 0 saturated carbocycles. The summed E-state index contributed by atoms with van der Waals surface area (Å²) in [5, 5.41) is 44.0. The third-order valence-electron chi connectivity index (χ3n) is 15.8. The smallest absolute Gasteiger partial charge is 0.413 e. The van der Waals surface area contributed by atoms with E-state index in [-0.39, 0.29) is 51.1 Å². The molecule has 12 rings (SSSR count). The molecule has 0 aliphatic heterocycles. The predicted octanol–water partition coefficient (Wildman–Crippen LogP) is 11.3. The van der Waals surface area contributed by atoms with Crippen LogP contribution in [0.2, 0.25) is 9.49 Å². The van der Waals surface area contributed by atoms with Crippen LogP contribution in [0.5, 0.6) is 0 Å². The van der Waals surface area contributed by atoms with Gasteiger partial charge < -0.3 is 18.9 Å². The van der Waals surface area contributed by atoms with Crippen molar-refractivity contribution < 1.29 is 76.2 Å². The van der Waals surface area contributed by atoms with E-state index in [0.717, 1.165) is 36.8 Å². The summed E-state index contributed by atoms with van der Waals surface area (Å²) in [6.45, 7) is 10.2. The summed E-state index contributed by atoms with van der Waals surface area (Å²) < 4.78 is 142. The first-order chi connectivity index (χ1) is 56.8. The van der Waals surface area contributed by atoms with Crippen LogP contribution in [0.3, 0.4) is 0 Å². The lowest BCUT2D eigenvalue weighted by Gasteiger charge is -2.16. The Morgan fingerprint density at radius 2 is 0.760 bits per heavy atom. The number of anilines is 8. The zero-order valence-corrected chi connectivity index (χ0v) is 73.2. The van der Waals surface area contributed by atoms with Crippen LogP contribution in [-0.2, 0) is 87.2 Å². The monoisotopic (exact) mass is 1870 g/mol. The lowest BCUT2D eigenvalue weighted by molar-refractivity contribution is 0.118. The Morgan fingerprint density at radius 3 is 1.07 bits per heavy atom. The molecule has 43 nitrogen and oxygen atoms in total. The molecule has 4 atom stereocenters. The van der Waals surface area contributed by atoms with Crippen molar-refractivity contribution in [3.8, 4) is 45.6 Å². The summed E-state index contributed by atoms with van der Waals surface area (Å²) in [6, 6.07) is 20.9. The van der Waals surface area contributed by atoms with Crippen LogP contribution in [0.1, 0.15) is 85.6 Å². The highest BCUT2D eigenvalue weighted by atomic mass is 79.9. The quantitative estimate of drug-likeness (QED) is 0.0206. The van der Waals surface area contributed by atoms with Crippen molar-refractivity contribution in [3.63, 3.8) is 0 Å². The van der Waals surface area contributed by atoms with E-state index in [0.29, 0.717) is 82.5 Å². The van der Waals surface area contributed by atoms with Gasteiger partial charge in [0.25, 0.3) is 0 Å². The van der Waals surface area contributed by atoms with Gasteiger partial charge in [-0.3, -0.25) is 65.1 Å². The lowest BCUT2D eigenvalue weighted by Crippen LogP contribution is -2.19. The third kappa shape index (κ3) is 26.9. The molecule has 0 bridgehead atoms. The van der Waals surface area contributed by atoms with Crippen LogP contribution in [-0.4, -0.2) is 178 Å². The van der Waals surface area contributed by atoms with Crippen molar-refractivity contribution >= 4 is 161 Å². The SMILES string of the molecule is C[C@@H](OC(=O)Nc1c(-c2ccc(NS(C)(=O)=O)cn2)nnn1C)c1cccnc1Br.C[C@@H](OC(=O)Nc1c(-c2ccc(NS(C)(=O)=O)cn2)nnn1C)c1ccsc1Cl.Cc1cc([C@@H](C)OC(=O)Nc2c(-c3ccc(NS(C)(=O)=O)cn3)nnn2C)c(F)cn1.Cc1cnc(Cl)c([C@@H](C)OC(=O)Nc2c(-c3ccc(NS(C)(=O)=O)cn3)nnn2C)c1. The van der Waals surface area contributed by atoms with E-state index in [4.69, 9.17) is 42.1 Å². The summed E-state index contributed by atoms with van der Waals surface area (Å²) in [7, 11) is -7.34. The molecule has 12 heterocycles. The molecule has 0 spiro atoms. The molecule has 52 heteroatoms. The van der Waals surface area contributed by atoms with Crippen LogP contribution >= 0.6 is 50.5 Å². The van der Waals surface area contributed by atoms with E-state index in [1.807, 2.05) is 12.3 Å². The number of thiophene rings is 1. The number of ether oxygens (including phenoxy) is 4. The fourth-order valence-corrected chi connectivity index (χ4v) is 14.4. The van der Waals surface area contributed by atoms with E-state index < -0.39 is 94.7 Å². The van der Waals surface area contributed by atoms with Gasteiger partial charge in [0.2, 0.25) is 40.1 Å². The summed E-state index contributed by atoms with van der Waals surface area (Å²) in [6.07, 6.45) is 8.17. The highest BCUT2D eigenvalue weighted by Crippen LogP contribution is 2.35. The van der Waals surface area contributed by atoms with E-state index in [9.17, 15) is 57.2 Å². The molecule has 12 aromatic rings. The number of aromatic nitrogens is 19. The maximum Gasteiger partial charge on any atom is 0.413 e. The standard InChI is InChI=1S/C18H20ClN7O4S.C18H20FN7O4S.C17H18BrN7O4S.C16H17ClN6O4S2/c1-10-7-13(16(19)21-8-10)11(2)30-18(27)22-17-15(23-25-26(17)3)14-6-5-12(9-20-14)24-31(4,28)29;1-10-7-13(14(19)9-20-10)11(2)30-18(27)22-17-16(23-25-26(17)3)15-6-5-12(8-21-15)24-31(4,28)29;1-10(12-5-4-8-19-15(12)18)29-17(26)21-16-14(22-24-25(16)2)13-7-6-11(9-20-13)23-30(3,27)28;1-9(11-6-7-28-14(11)17)27-16(24)19-15-13(20-22-23(15)2)12-5-4-10(8-18-12)21-29(3,25)26/h2*5-9,11,24H,1-4H3,(H,22,27);4-10,23H,1-3H3,(H,21,26);4-9,21H,1-3H3,(H,19,24)/t2*11-;10-;9-/m1111/s1. The fourth-order valence-electron chi connectivity index (χ4n) is 10.3. The van der Waals surface area contributed by atoms with Crippen molar-refractivity contribution in [1.29, 1.82) is 0 Å². The molecule has 12 aromatic heterocycles. The van der Waals surface area contributed by atoms with Gasteiger partial charge in [-0.15, -0.1) is 31.7 Å². The third-order valence-corrected chi connectivity index (χ3v) is 20.4. The number of nitrogens with one attached hydrogen (secondary N) is 8. The van der Waals surface area contributed by atoms with Crippen molar-refractivity contribution in [2.24, 2.45) is 28.2 Å². The Hall–Kier alpha value is -12.6. The number of pyridine rings is 7. The average molecular weight is 1870 g/mol. The second kappa shape index (κ2) is 40.0. The fraction of sp³-hybridized carbons (Fsp3) is 0.261. The molecule has 0 unspecified atom stereocenters. The number of hydrogen-bond donors (Lipinski definition) is 8. The maximum atomic E-state index is 14.0. The minimum absolute atomic E-state index is 0.194. The zero-order chi connectivity index (χ0) is 88.6. The molecular weight excluding hydrogens is 1790 g/mol. The molecule has 0 fully saturated rings. The first kappa shape index (κ1) is 92.3. The van der Waals surface area contributed by atoms with Crippen molar-refractivity contribution in [1.82, 2.24) is 94.9 Å². The first-order valence-electron chi connectivity index (χ1n) is 34.7. The van der Waals surface area contributed by atoms with Crippen LogP contribution in [0, 0.1) is 19.7 Å². The van der Waals surface area contributed by atoms with Gasteiger partial charge in [-0.05, 0) is 141 Å². The summed E-state index contributed by atoms with van der Waals surface area (Å²) in [4.78, 5) is 78.3. The number of aryl methyl sites for hydroxylation is 6. The van der Waals surface area contributed by atoms with Gasteiger partial charge in [0.05, 0.1) is 106 Å². The van der Waals surface area contributed by atoms with Crippen molar-refractivity contribution in [3.05, 3.63) is 181 Å². The van der Waals surface area contributed by atoms with Gasteiger partial charge in [0.15, 0.2) is 46.0 Å². The number of nitrogens with zero attached hydrogens (tertiary/aromatic N) is 19. The van der Waals surface area contributed by atoms with Crippen LogP contribution < -0.4 is 40.2 Å². The highest BCUT2D eigenvalue weighted by molar-refractivity contribution is 9.10. The zero-order valence-electron chi connectivity index (χ0n) is 66.0. The van der Waals surface area contributed by atoms with Gasteiger partial charge in [0.1, 0.15) is 40.0 Å². The molecule has 4 amide bonds. The average Bonchev–Trinajstić information content (AvgIpc) is 1.75. The molecule has 121 heavy (non-hydrogen) atoms. The molecule has 0 aliphatic carbocycles. The van der Waals surface area contributed by atoms with Crippen LogP contribution in [0.25, 0.3) is 45.6 Å². The number of sulfonamides is 4. The Morgan fingerprint density at radius 1 is 0.430 bits per heavy atom. The van der Waals surface area contributed by atoms with Gasteiger partial charge >= 0.3 is 24.4 Å². The maximum absolute atomic E-state index is 14.0. The van der Waals surface area contributed by atoms with E-state index in [1.54, 1.807) is 111 Å². The largest absolute Gasteiger partial charge is 0.441 e. The molecule has 0 radical (unpaired) electrons.